The first-order valence-corrected chi connectivity index (χ1v) is 6.00. The molecular weight excluding hydrogens is 222 g/mol. The van der Waals surface area contributed by atoms with Gasteiger partial charge in [0, 0.05) is 17.8 Å². The highest BCUT2D eigenvalue weighted by molar-refractivity contribution is 5.50. The fraction of sp³-hybridized carbons (Fsp3) is 0.125. The summed E-state index contributed by atoms with van der Waals surface area (Å²) in [5, 5.41) is 3.32. The van der Waals surface area contributed by atoms with E-state index < -0.39 is 0 Å². The lowest BCUT2D eigenvalue weighted by atomic mass is 10.2. The van der Waals surface area contributed by atoms with E-state index in [9.17, 15) is 0 Å². The topological polar surface area (TPSA) is 21.3 Å². The molecule has 0 amide bonds. The molecule has 2 rings (SSSR count). The van der Waals surface area contributed by atoms with Gasteiger partial charge in [0.25, 0.3) is 0 Å². The molecule has 0 bridgehead atoms. The minimum atomic E-state index is 0.233. The lowest BCUT2D eigenvalue weighted by Crippen LogP contribution is -2.10. The van der Waals surface area contributed by atoms with Gasteiger partial charge in [-0.05, 0) is 31.2 Å². The van der Waals surface area contributed by atoms with Crippen molar-refractivity contribution in [2.45, 2.75) is 13.0 Å². The molecule has 0 aliphatic carbocycles. The van der Waals surface area contributed by atoms with E-state index in [1.807, 2.05) is 60.7 Å². The van der Waals surface area contributed by atoms with E-state index >= 15 is 0 Å². The largest absolute Gasteiger partial charge is 0.457 e. The minimum absolute atomic E-state index is 0.233. The van der Waals surface area contributed by atoms with Gasteiger partial charge in [0.15, 0.2) is 0 Å². The van der Waals surface area contributed by atoms with Crippen molar-refractivity contribution in [1.29, 1.82) is 0 Å². The summed E-state index contributed by atoms with van der Waals surface area (Å²) in [6, 6.07) is 17.9. The first-order valence-electron chi connectivity index (χ1n) is 6.00. The summed E-state index contributed by atoms with van der Waals surface area (Å²) in [7, 11) is 0. The van der Waals surface area contributed by atoms with Crippen LogP contribution in [-0.2, 0) is 0 Å². The molecule has 0 radical (unpaired) electrons. The van der Waals surface area contributed by atoms with Gasteiger partial charge in [-0.15, -0.1) is 6.58 Å². The van der Waals surface area contributed by atoms with Gasteiger partial charge < -0.3 is 10.1 Å². The molecule has 0 aromatic heterocycles. The zero-order valence-electron chi connectivity index (χ0n) is 10.5. The molecule has 0 aliphatic heterocycles. The maximum absolute atomic E-state index is 5.77. The van der Waals surface area contributed by atoms with Gasteiger partial charge in [0.05, 0.1) is 0 Å². The summed E-state index contributed by atoms with van der Waals surface area (Å²) in [6.07, 6.45) is 1.87. The Hall–Kier alpha value is -2.22. The zero-order chi connectivity index (χ0) is 12.8. The molecule has 18 heavy (non-hydrogen) atoms. The molecule has 0 aliphatic rings. The first kappa shape index (κ1) is 12.2. The van der Waals surface area contributed by atoms with Crippen LogP contribution < -0.4 is 10.1 Å². The average Bonchev–Trinajstić information content (AvgIpc) is 2.40. The van der Waals surface area contributed by atoms with Gasteiger partial charge in [-0.25, -0.2) is 0 Å². The molecule has 92 valence electrons. The standard InChI is InChI=1S/C16H17NO/c1-3-13(2)17-14-8-7-11-16(12-14)18-15-9-5-4-6-10-15/h3-13,17H,1H2,2H3. The molecule has 1 N–H and O–H groups in total. The quantitative estimate of drug-likeness (QED) is 0.777. The molecule has 0 fully saturated rings. The van der Waals surface area contributed by atoms with E-state index in [0.717, 1.165) is 17.2 Å². The third-order valence-electron chi connectivity index (χ3n) is 2.56. The van der Waals surface area contributed by atoms with E-state index in [1.165, 1.54) is 0 Å². The lowest BCUT2D eigenvalue weighted by molar-refractivity contribution is 0.483. The van der Waals surface area contributed by atoms with Crippen LogP contribution in [0.1, 0.15) is 6.92 Å². The second-order valence-electron chi connectivity index (χ2n) is 4.11. The molecule has 0 saturated heterocycles. The van der Waals surface area contributed by atoms with Crippen molar-refractivity contribution in [2.24, 2.45) is 0 Å². The summed E-state index contributed by atoms with van der Waals surface area (Å²) in [5.74, 6) is 1.66. The van der Waals surface area contributed by atoms with Gasteiger partial charge in [0.1, 0.15) is 11.5 Å². The van der Waals surface area contributed by atoms with Crippen LogP contribution in [0.25, 0.3) is 0 Å². The Bertz CT molecular complexity index is 508. The number of hydrogen-bond acceptors (Lipinski definition) is 2. The number of hydrogen-bond donors (Lipinski definition) is 1. The predicted octanol–water partition coefficient (Wildman–Crippen LogP) is 4.47. The zero-order valence-corrected chi connectivity index (χ0v) is 10.5. The summed E-state index contributed by atoms with van der Waals surface area (Å²) in [5.41, 5.74) is 1.02. The Labute approximate surface area is 108 Å². The van der Waals surface area contributed by atoms with Gasteiger partial charge in [-0.2, -0.15) is 0 Å². The van der Waals surface area contributed by atoms with Gasteiger partial charge in [0.2, 0.25) is 0 Å². The Morgan fingerprint density at radius 3 is 2.50 bits per heavy atom. The molecule has 2 heteroatoms. The van der Waals surface area contributed by atoms with Crippen molar-refractivity contribution in [3.05, 3.63) is 67.3 Å². The van der Waals surface area contributed by atoms with Crippen LogP contribution in [0.5, 0.6) is 11.5 Å². The predicted molar refractivity (Wildman–Crippen MR) is 76.2 cm³/mol. The molecule has 1 unspecified atom stereocenters. The van der Waals surface area contributed by atoms with Crippen molar-refractivity contribution in [3.63, 3.8) is 0 Å². The highest BCUT2D eigenvalue weighted by Gasteiger charge is 2.00. The monoisotopic (exact) mass is 239 g/mol. The first-order chi connectivity index (χ1) is 8.78. The maximum Gasteiger partial charge on any atom is 0.129 e. The number of rotatable bonds is 5. The van der Waals surface area contributed by atoms with E-state index in [4.69, 9.17) is 4.74 Å². The van der Waals surface area contributed by atoms with E-state index in [1.54, 1.807) is 0 Å². The average molecular weight is 239 g/mol. The summed E-state index contributed by atoms with van der Waals surface area (Å²) >= 11 is 0. The summed E-state index contributed by atoms with van der Waals surface area (Å²) < 4.78 is 5.77. The summed E-state index contributed by atoms with van der Waals surface area (Å²) in [6.45, 7) is 5.81. The van der Waals surface area contributed by atoms with Crippen LogP contribution in [0, 0.1) is 0 Å². The highest BCUT2D eigenvalue weighted by atomic mass is 16.5. The van der Waals surface area contributed by atoms with Crippen LogP contribution in [0.15, 0.2) is 67.3 Å². The van der Waals surface area contributed by atoms with Crippen LogP contribution in [0.4, 0.5) is 5.69 Å². The molecule has 0 spiro atoms. The van der Waals surface area contributed by atoms with Gasteiger partial charge >= 0.3 is 0 Å². The molecule has 0 heterocycles. The molecule has 2 aromatic rings. The van der Waals surface area contributed by atoms with Crippen molar-refractivity contribution >= 4 is 5.69 Å². The lowest BCUT2D eigenvalue weighted by Gasteiger charge is -2.12. The molecule has 2 nitrogen and oxygen atoms in total. The van der Waals surface area contributed by atoms with Crippen molar-refractivity contribution < 1.29 is 4.74 Å². The second-order valence-corrected chi connectivity index (χ2v) is 4.11. The number of nitrogens with one attached hydrogen (secondary N) is 1. The Kier molecular flexibility index (Phi) is 4.02. The Morgan fingerprint density at radius 2 is 1.78 bits per heavy atom. The highest BCUT2D eigenvalue weighted by Crippen LogP contribution is 2.24. The van der Waals surface area contributed by atoms with E-state index in [2.05, 4.69) is 18.8 Å². The molecular formula is C16H17NO. The fourth-order valence-electron chi connectivity index (χ4n) is 1.60. The fourth-order valence-corrected chi connectivity index (χ4v) is 1.60. The number of anilines is 1. The van der Waals surface area contributed by atoms with Crippen molar-refractivity contribution in [3.8, 4) is 11.5 Å². The normalized spacial score (nSPS) is 11.6. The molecule has 1 atom stereocenters. The van der Waals surface area contributed by atoms with Gasteiger partial charge in [-0.1, -0.05) is 30.3 Å². The van der Waals surface area contributed by atoms with E-state index in [0.29, 0.717) is 0 Å². The minimum Gasteiger partial charge on any atom is -0.457 e. The van der Waals surface area contributed by atoms with Crippen LogP contribution in [-0.4, -0.2) is 6.04 Å². The smallest absolute Gasteiger partial charge is 0.129 e. The third-order valence-corrected chi connectivity index (χ3v) is 2.56. The van der Waals surface area contributed by atoms with Crippen molar-refractivity contribution in [1.82, 2.24) is 0 Å². The van der Waals surface area contributed by atoms with Crippen LogP contribution in [0.3, 0.4) is 0 Å². The second kappa shape index (κ2) is 5.92. The molecule has 0 saturated carbocycles. The van der Waals surface area contributed by atoms with E-state index in [-0.39, 0.29) is 6.04 Å². The van der Waals surface area contributed by atoms with Crippen LogP contribution >= 0.6 is 0 Å². The maximum atomic E-state index is 5.77. The molecule has 2 aromatic carbocycles. The summed E-state index contributed by atoms with van der Waals surface area (Å²) in [4.78, 5) is 0. The number of benzene rings is 2. The number of para-hydroxylation sites is 1. The van der Waals surface area contributed by atoms with Crippen LogP contribution in [0.2, 0.25) is 0 Å². The SMILES string of the molecule is C=CC(C)Nc1cccc(Oc2ccccc2)c1. The number of ether oxygens (including phenoxy) is 1. The Morgan fingerprint density at radius 1 is 1.06 bits per heavy atom. The van der Waals surface area contributed by atoms with Crippen molar-refractivity contribution in [2.75, 3.05) is 5.32 Å². The third kappa shape index (κ3) is 3.39. The van der Waals surface area contributed by atoms with Gasteiger partial charge in [-0.3, -0.25) is 0 Å². The Balaban J connectivity index is 2.10.